The lowest BCUT2D eigenvalue weighted by atomic mass is 10.00. The molecule has 0 spiro atoms. The number of aliphatic hydroxyl groups excluding tert-OH is 1. The van der Waals surface area contributed by atoms with Gasteiger partial charge in [0.15, 0.2) is 0 Å². The second kappa shape index (κ2) is 6.76. The summed E-state index contributed by atoms with van der Waals surface area (Å²) in [4.78, 5) is 22.7. The standard InChI is InChI=1S/C13H17NO4/c1-9(10-5-3-2-4-6-10)12(16)14-11(7-8-15)13(17)18/h2-6,9,11,15H,7-8H2,1H3,(H,14,16)(H,17,18)/t9?,11-/m1/s1. The molecule has 0 aliphatic carbocycles. The van der Waals surface area contributed by atoms with Gasteiger partial charge in [-0.2, -0.15) is 0 Å². The summed E-state index contributed by atoms with van der Waals surface area (Å²) in [5.74, 6) is -1.92. The molecule has 0 bridgehead atoms. The zero-order chi connectivity index (χ0) is 13.5. The van der Waals surface area contributed by atoms with Crippen LogP contribution in [0.3, 0.4) is 0 Å². The van der Waals surface area contributed by atoms with Gasteiger partial charge in [0, 0.05) is 13.0 Å². The maximum Gasteiger partial charge on any atom is 0.326 e. The second-order valence-electron chi connectivity index (χ2n) is 4.04. The lowest BCUT2D eigenvalue weighted by Gasteiger charge is -2.17. The fourth-order valence-corrected chi connectivity index (χ4v) is 1.58. The van der Waals surface area contributed by atoms with Gasteiger partial charge in [0.1, 0.15) is 6.04 Å². The van der Waals surface area contributed by atoms with E-state index in [0.717, 1.165) is 5.56 Å². The molecule has 1 rings (SSSR count). The van der Waals surface area contributed by atoms with Crippen LogP contribution in [0.2, 0.25) is 0 Å². The largest absolute Gasteiger partial charge is 0.480 e. The summed E-state index contributed by atoms with van der Waals surface area (Å²) in [5.41, 5.74) is 0.822. The molecule has 0 saturated heterocycles. The summed E-state index contributed by atoms with van der Waals surface area (Å²) in [5, 5.41) is 20.0. The number of aliphatic carboxylic acids is 1. The van der Waals surface area contributed by atoms with Crippen molar-refractivity contribution in [3.05, 3.63) is 35.9 Å². The molecule has 0 fully saturated rings. The molecule has 98 valence electrons. The summed E-state index contributed by atoms with van der Waals surface area (Å²) in [6.45, 7) is 1.43. The number of hydrogen-bond acceptors (Lipinski definition) is 3. The average Bonchev–Trinajstić information content (AvgIpc) is 2.38. The number of benzene rings is 1. The fraction of sp³-hybridized carbons (Fsp3) is 0.385. The Morgan fingerprint density at radius 1 is 1.28 bits per heavy atom. The number of carboxylic acid groups (broad SMARTS) is 1. The quantitative estimate of drug-likeness (QED) is 0.696. The number of nitrogens with one attached hydrogen (secondary N) is 1. The number of carbonyl (C=O) groups excluding carboxylic acids is 1. The normalized spacial score (nSPS) is 13.7. The van der Waals surface area contributed by atoms with Gasteiger partial charge in [-0.3, -0.25) is 4.79 Å². The highest BCUT2D eigenvalue weighted by Crippen LogP contribution is 2.14. The van der Waals surface area contributed by atoms with Crippen molar-refractivity contribution in [2.24, 2.45) is 0 Å². The molecule has 0 radical (unpaired) electrons. The number of hydrogen-bond donors (Lipinski definition) is 3. The van der Waals surface area contributed by atoms with E-state index in [0.29, 0.717) is 0 Å². The van der Waals surface area contributed by atoms with Crippen molar-refractivity contribution in [3.8, 4) is 0 Å². The first-order valence-electron chi connectivity index (χ1n) is 5.75. The molecule has 18 heavy (non-hydrogen) atoms. The van der Waals surface area contributed by atoms with Crippen molar-refractivity contribution >= 4 is 11.9 Å². The van der Waals surface area contributed by atoms with Gasteiger partial charge < -0.3 is 15.5 Å². The zero-order valence-electron chi connectivity index (χ0n) is 10.2. The van der Waals surface area contributed by atoms with E-state index < -0.39 is 17.9 Å². The molecule has 5 nitrogen and oxygen atoms in total. The van der Waals surface area contributed by atoms with E-state index in [9.17, 15) is 9.59 Å². The Kier molecular flexibility index (Phi) is 5.32. The first-order valence-corrected chi connectivity index (χ1v) is 5.75. The van der Waals surface area contributed by atoms with E-state index >= 15 is 0 Å². The minimum Gasteiger partial charge on any atom is -0.480 e. The fourth-order valence-electron chi connectivity index (χ4n) is 1.58. The molecular weight excluding hydrogens is 234 g/mol. The van der Waals surface area contributed by atoms with Gasteiger partial charge in [-0.15, -0.1) is 0 Å². The molecule has 1 unspecified atom stereocenters. The van der Waals surface area contributed by atoms with Gasteiger partial charge in [-0.05, 0) is 12.5 Å². The number of carbonyl (C=O) groups is 2. The summed E-state index contributed by atoms with van der Waals surface area (Å²) in [7, 11) is 0. The van der Waals surface area contributed by atoms with Crippen LogP contribution in [0.5, 0.6) is 0 Å². The number of rotatable bonds is 6. The summed E-state index contributed by atoms with van der Waals surface area (Å²) in [6, 6.07) is 8.06. The Bertz CT molecular complexity index is 405. The molecule has 1 aromatic rings. The van der Waals surface area contributed by atoms with Crippen molar-refractivity contribution in [3.63, 3.8) is 0 Å². The van der Waals surface area contributed by atoms with Crippen molar-refractivity contribution in [1.29, 1.82) is 0 Å². The van der Waals surface area contributed by atoms with E-state index in [1.54, 1.807) is 6.92 Å². The lowest BCUT2D eigenvalue weighted by molar-refractivity contribution is -0.142. The molecule has 2 atom stereocenters. The zero-order valence-corrected chi connectivity index (χ0v) is 10.2. The van der Waals surface area contributed by atoms with Gasteiger partial charge in [0.2, 0.25) is 5.91 Å². The van der Waals surface area contributed by atoms with Crippen LogP contribution in [0.15, 0.2) is 30.3 Å². The third-order valence-corrected chi connectivity index (χ3v) is 2.73. The molecule has 0 heterocycles. The molecule has 1 aromatic carbocycles. The molecule has 0 saturated carbocycles. The molecule has 0 aromatic heterocycles. The Morgan fingerprint density at radius 3 is 2.39 bits per heavy atom. The first kappa shape index (κ1) is 14.2. The maximum atomic E-state index is 11.9. The Hall–Kier alpha value is -1.88. The van der Waals surface area contributed by atoms with Crippen molar-refractivity contribution < 1.29 is 19.8 Å². The van der Waals surface area contributed by atoms with Crippen LogP contribution in [0.4, 0.5) is 0 Å². The van der Waals surface area contributed by atoms with Crippen molar-refractivity contribution in [2.75, 3.05) is 6.61 Å². The Morgan fingerprint density at radius 2 is 1.89 bits per heavy atom. The van der Waals surface area contributed by atoms with Gasteiger partial charge in [-0.25, -0.2) is 4.79 Å². The van der Waals surface area contributed by atoms with Crippen LogP contribution >= 0.6 is 0 Å². The first-order chi connectivity index (χ1) is 8.56. The van der Waals surface area contributed by atoms with Crippen LogP contribution in [0.25, 0.3) is 0 Å². The summed E-state index contributed by atoms with van der Waals surface area (Å²) < 4.78 is 0. The third-order valence-electron chi connectivity index (χ3n) is 2.73. The van der Waals surface area contributed by atoms with E-state index in [1.807, 2.05) is 30.3 Å². The van der Waals surface area contributed by atoms with Crippen LogP contribution in [0.1, 0.15) is 24.8 Å². The SMILES string of the molecule is CC(C(=O)N[C@H](CCO)C(=O)O)c1ccccc1. The smallest absolute Gasteiger partial charge is 0.326 e. The third kappa shape index (κ3) is 3.85. The van der Waals surface area contributed by atoms with Gasteiger partial charge in [0.05, 0.1) is 5.92 Å². The number of amides is 1. The van der Waals surface area contributed by atoms with Gasteiger partial charge in [0.25, 0.3) is 0 Å². The molecule has 0 aliphatic heterocycles. The summed E-state index contributed by atoms with van der Waals surface area (Å²) in [6.07, 6.45) is 0.00256. The highest BCUT2D eigenvalue weighted by atomic mass is 16.4. The number of carboxylic acids is 1. The number of aliphatic hydroxyl groups is 1. The maximum absolute atomic E-state index is 11.9. The van der Waals surface area contributed by atoms with E-state index in [1.165, 1.54) is 0 Å². The summed E-state index contributed by atoms with van der Waals surface area (Å²) >= 11 is 0. The Balaban J connectivity index is 2.67. The van der Waals surface area contributed by atoms with E-state index in [4.69, 9.17) is 10.2 Å². The molecule has 5 heteroatoms. The van der Waals surface area contributed by atoms with Crippen LogP contribution in [0, 0.1) is 0 Å². The molecule has 1 amide bonds. The average molecular weight is 251 g/mol. The minimum absolute atomic E-state index is 0.00256. The lowest BCUT2D eigenvalue weighted by Crippen LogP contribution is -2.43. The second-order valence-corrected chi connectivity index (χ2v) is 4.04. The monoisotopic (exact) mass is 251 g/mol. The highest BCUT2D eigenvalue weighted by Gasteiger charge is 2.23. The van der Waals surface area contributed by atoms with Crippen molar-refractivity contribution in [1.82, 2.24) is 5.32 Å². The molecule has 3 N–H and O–H groups in total. The van der Waals surface area contributed by atoms with E-state index in [2.05, 4.69) is 5.32 Å². The van der Waals surface area contributed by atoms with Crippen molar-refractivity contribution in [2.45, 2.75) is 25.3 Å². The Labute approximate surface area is 105 Å². The van der Waals surface area contributed by atoms with E-state index in [-0.39, 0.29) is 18.9 Å². The van der Waals surface area contributed by atoms with Crippen LogP contribution in [-0.4, -0.2) is 34.7 Å². The highest BCUT2D eigenvalue weighted by molar-refractivity contribution is 5.87. The molecular formula is C13H17NO4. The predicted molar refractivity (Wildman–Crippen MR) is 66.1 cm³/mol. The predicted octanol–water partition coefficient (Wildman–Crippen LogP) is 0.742. The van der Waals surface area contributed by atoms with Crippen LogP contribution < -0.4 is 5.32 Å². The van der Waals surface area contributed by atoms with Crippen LogP contribution in [-0.2, 0) is 9.59 Å². The minimum atomic E-state index is -1.14. The topological polar surface area (TPSA) is 86.6 Å². The van der Waals surface area contributed by atoms with Gasteiger partial charge in [-0.1, -0.05) is 30.3 Å². The van der Waals surface area contributed by atoms with Gasteiger partial charge >= 0.3 is 5.97 Å². The molecule has 0 aliphatic rings.